The molecule has 1 heterocycles. The van der Waals surface area contributed by atoms with Gasteiger partial charge in [0.05, 0.1) is 0 Å². The fourth-order valence-corrected chi connectivity index (χ4v) is 1.77. The van der Waals surface area contributed by atoms with Gasteiger partial charge in [0.1, 0.15) is 18.0 Å². The Morgan fingerprint density at radius 2 is 1.68 bits per heavy atom. The van der Waals surface area contributed by atoms with Crippen LogP contribution in [0, 0.1) is 11.8 Å². The summed E-state index contributed by atoms with van der Waals surface area (Å²) in [6.07, 6.45) is 3.88. The normalized spacial score (nSPS) is 11.1. The standard InChI is InChI=1S/C14H27N5/c1-11(2)5-7-19(8-6-12(3)4)14-9-13(18-15)16-10-17-14/h9-12H,5-8,15H2,1-4H3,(H,16,17,18). The van der Waals surface area contributed by atoms with E-state index in [-0.39, 0.29) is 0 Å². The number of nitrogens with zero attached hydrogens (tertiary/aromatic N) is 3. The quantitative estimate of drug-likeness (QED) is 0.559. The molecule has 0 aliphatic rings. The van der Waals surface area contributed by atoms with E-state index < -0.39 is 0 Å². The lowest BCUT2D eigenvalue weighted by molar-refractivity contribution is 0.533. The van der Waals surface area contributed by atoms with Crippen molar-refractivity contribution >= 4 is 11.6 Å². The van der Waals surface area contributed by atoms with E-state index in [4.69, 9.17) is 5.84 Å². The molecule has 0 bridgehead atoms. The Hall–Kier alpha value is -1.36. The minimum atomic E-state index is 0.657. The molecular weight excluding hydrogens is 238 g/mol. The highest BCUT2D eigenvalue weighted by molar-refractivity contribution is 5.47. The van der Waals surface area contributed by atoms with E-state index in [1.54, 1.807) is 6.33 Å². The van der Waals surface area contributed by atoms with Gasteiger partial charge in [0.25, 0.3) is 0 Å². The second-order valence-corrected chi connectivity index (χ2v) is 5.76. The molecule has 0 aliphatic carbocycles. The van der Waals surface area contributed by atoms with Crippen LogP contribution < -0.4 is 16.2 Å². The summed E-state index contributed by atoms with van der Waals surface area (Å²) in [4.78, 5) is 10.7. The van der Waals surface area contributed by atoms with Gasteiger partial charge in [0, 0.05) is 19.2 Å². The maximum Gasteiger partial charge on any atom is 0.145 e. The van der Waals surface area contributed by atoms with Crippen molar-refractivity contribution in [2.24, 2.45) is 17.7 Å². The SMILES string of the molecule is CC(C)CCN(CCC(C)C)c1cc(NN)ncn1. The van der Waals surface area contributed by atoms with Crippen molar-refractivity contribution in [3.05, 3.63) is 12.4 Å². The van der Waals surface area contributed by atoms with E-state index in [0.29, 0.717) is 17.7 Å². The van der Waals surface area contributed by atoms with E-state index in [1.807, 2.05) is 6.07 Å². The first-order valence-electron chi connectivity index (χ1n) is 7.06. The van der Waals surface area contributed by atoms with Gasteiger partial charge >= 0.3 is 0 Å². The third-order valence-electron chi connectivity index (χ3n) is 3.08. The predicted octanol–water partition coefficient (Wildman–Crippen LogP) is 2.66. The van der Waals surface area contributed by atoms with Gasteiger partial charge < -0.3 is 10.3 Å². The first kappa shape index (κ1) is 15.7. The van der Waals surface area contributed by atoms with E-state index in [0.717, 1.165) is 31.7 Å². The molecule has 108 valence electrons. The predicted molar refractivity (Wildman–Crippen MR) is 81.0 cm³/mol. The van der Waals surface area contributed by atoms with Crippen molar-refractivity contribution < 1.29 is 0 Å². The zero-order valence-corrected chi connectivity index (χ0v) is 12.6. The summed E-state index contributed by atoms with van der Waals surface area (Å²) < 4.78 is 0. The van der Waals surface area contributed by atoms with Gasteiger partial charge in [0.15, 0.2) is 0 Å². The average Bonchev–Trinajstić information content (AvgIpc) is 2.38. The molecule has 0 fully saturated rings. The van der Waals surface area contributed by atoms with E-state index in [2.05, 4.69) is 48.0 Å². The molecule has 5 heteroatoms. The van der Waals surface area contributed by atoms with Crippen molar-refractivity contribution in [3.8, 4) is 0 Å². The van der Waals surface area contributed by atoms with E-state index in [9.17, 15) is 0 Å². The van der Waals surface area contributed by atoms with Crippen LogP contribution in [0.2, 0.25) is 0 Å². The first-order valence-corrected chi connectivity index (χ1v) is 7.06. The van der Waals surface area contributed by atoms with Crippen LogP contribution in [-0.2, 0) is 0 Å². The van der Waals surface area contributed by atoms with Crippen LogP contribution in [0.4, 0.5) is 11.6 Å². The Kier molecular flexibility index (Phi) is 6.56. The molecule has 5 nitrogen and oxygen atoms in total. The summed E-state index contributed by atoms with van der Waals surface area (Å²) in [5.41, 5.74) is 2.57. The van der Waals surface area contributed by atoms with Crippen molar-refractivity contribution in [3.63, 3.8) is 0 Å². The molecule has 0 saturated heterocycles. The largest absolute Gasteiger partial charge is 0.356 e. The van der Waals surface area contributed by atoms with Gasteiger partial charge in [-0.3, -0.25) is 0 Å². The summed E-state index contributed by atoms with van der Waals surface area (Å²) in [5.74, 6) is 8.39. The summed E-state index contributed by atoms with van der Waals surface area (Å²) in [5, 5.41) is 0. The molecule has 19 heavy (non-hydrogen) atoms. The number of hydrogen-bond donors (Lipinski definition) is 2. The molecule has 0 aromatic carbocycles. The highest BCUT2D eigenvalue weighted by Crippen LogP contribution is 2.17. The summed E-state index contributed by atoms with van der Waals surface area (Å²) in [6.45, 7) is 11.0. The molecule has 0 spiro atoms. The Bertz CT molecular complexity index is 353. The topological polar surface area (TPSA) is 67.1 Å². The lowest BCUT2D eigenvalue weighted by atomic mass is 10.1. The minimum Gasteiger partial charge on any atom is -0.356 e. The molecule has 1 aromatic heterocycles. The number of nitrogens with one attached hydrogen (secondary N) is 1. The van der Waals surface area contributed by atoms with Crippen LogP contribution in [0.25, 0.3) is 0 Å². The molecule has 0 radical (unpaired) electrons. The molecule has 1 rings (SSSR count). The second kappa shape index (κ2) is 7.94. The maximum absolute atomic E-state index is 5.40. The van der Waals surface area contributed by atoms with Gasteiger partial charge in [-0.1, -0.05) is 27.7 Å². The maximum atomic E-state index is 5.40. The van der Waals surface area contributed by atoms with Gasteiger partial charge in [-0.25, -0.2) is 15.8 Å². The number of nitrogens with two attached hydrogens (primary N) is 1. The number of hydrazine groups is 1. The van der Waals surface area contributed by atoms with Gasteiger partial charge in [-0.05, 0) is 24.7 Å². The third-order valence-corrected chi connectivity index (χ3v) is 3.08. The number of rotatable bonds is 8. The van der Waals surface area contributed by atoms with Gasteiger partial charge in [-0.2, -0.15) is 0 Å². The highest BCUT2D eigenvalue weighted by Gasteiger charge is 2.10. The second-order valence-electron chi connectivity index (χ2n) is 5.76. The average molecular weight is 265 g/mol. The summed E-state index contributed by atoms with van der Waals surface area (Å²) >= 11 is 0. The summed E-state index contributed by atoms with van der Waals surface area (Å²) in [7, 11) is 0. The Balaban J connectivity index is 2.74. The van der Waals surface area contributed by atoms with Crippen molar-refractivity contribution in [1.82, 2.24) is 9.97 Å². The monoisotopic (exact) mass is 265 g/mol. The fourth-order valence-electron chi connectivity index (χ4n) is 1.77. The molecule has 0 saturated carbocycles. The zero-order valence-electron chi connectivity index (χ0n) is 12.6. The fraction of sp³-hybridized carbons (Fsp3) is 0.714. The third kappa shape index (κ3) is 5.87. The van der Waals surface area contributed by atoms with Crippen molar-refractivity contribution in [2.45, 2.75) is 40.5 Å². The van der Waals surface area contributed by atoms with Crippen molar-refractivity contribution in [1.29, 1.82) is 0 Å². The number of nitrogen functional groups attached to an aromatic ring is 1. The molecule has 0 unspecified atom stereocenters. The van der Waals surface area contributed by atoms with E-state index >= 15 is 0 Å². The highest BCUT2D eigenvalue weighted by atomic mass is 15.3. The molecule has 0 aliphatic heterocycles. The number of aromatic nitrogens is 2. The number of hydrogen-bond acceptors (Lipinski definition) is 5. The van der Waals surface area contributed by atoms with Gasteiger partial charge in [-0.15, -0.1) is 0 Å². The summed E-state index contributed by atoms with van der Waals surface area (Å²) in [6, 6.07) is 1.90. The molecule has 1 aromatic rings. The van der Waals surface area contributed by atoms with Crippen LogP contribution in [0.1, 0.15) is 40.5 Å². The van der Waals surface area contributed by atoms with Crippen LogP contribution in [0.15, 0.2) is 12.4 Å². The number of anilines is 2. The Morgan fingerprint density at radius 1 is 1.11 bits per heavy atom. The van der Waals surface area contributed by atoms with Crippen molar-refractivity contribution in [2.75, 3.05) is 23.4 Å². The van der Waals surface area contributed by atoms with Crippen LogP contribution >= 0.6 is 0 Å². The lowest BCUT2D eigenvalue weighted by Crippen LogP contribution is -2.28. The smallest absolute Gasteiger partial charge is 0.145 e. The Morgan fingerprint density at radius 3 is 2.16 bits per heavy atom. The van der Waals surface area contributed by atoms with E-state index in [1.165, 1.54) is 0 Å². The van der Waals surface area contributed by atoms with Crippen LogP contribution in [0.5, 0.6) is 0 Å². The lowest BCUT2D eigenvalue weighted by Gasteiger charge is -2.25. The van der Waals surface area contributed by atoms with Gasteiger partial charge in [0.2, 0.25) is 0 Å². The minimum absolute atomic E-state index is 0.657. The Labute approximate surface area is 116 Å². The van der Waals surface area contributed by atoms with Crippen LogP contribution in [-0.4, -0.2) is 23.1 Å². The molecule has 0 amide bonds. The molecule has 3 N–H and O–H groups in total. The first-order chi connectivity index (χ1) is 9.02. The zero-order chi connectivity index (χ0) is 14.3. The van der Waals surface area contributed by atoms with Crippen LogP contribution in [0.3, 0.4) is 0 Å². The molecular formula is C14H27N5. The molecule has 0 atom stereocenters.